The number of nitrogens with one attached hydrogen (secondary N) is 1. The van der Waals surface area contributed by atoms with Crippen LogP contribution in [-0.4, -0.2) is 23.1 Å². The third-order valence-corrected chi connectivity index (χ3v) is 4.01. The van der Waals surface area contributed by atoms with Crippen molar-refractivity contribution in [2.24, 2.45) is 0 Å². The number of aromatic nitrogens is 2. The standard InChI is InChI=1S/C16H17ClFN3O/c17-13-2-1-12(14(18)7-13)10-22-16-9-20-8-15(21-16)11-3-5-19-6-4-11/h1-2,7-9,11,19H,3-6,10H2. The summed E-state index contributed by atoms with van der Waals surface area (Å²) in [5.74, 6) is 0.449. The number of benzene rings is 1. The van der Waals surface area contributed by atoms with Gasteiger partial charge < -0.3 is 10.1 Å². The Bertz CT molecular complexity index is 647. The van der Waals surface area contributed by atoms with Gasteiger partial charge in [0.25, 0.3) is 0 Å². The second-order valence-electron chi connectivity index (χ2n) is 5.33. The molecule has 0 spiro atoms. The highest BCUT2D eigenvalue weighted by Gasteiger charge is 2.17. The maximum absolute atomic E-state index is 13.7. The largest absolute Gasteiger partial charge is 0.472 e. The smallest absolute Gasteiger partial charge is 0.232 e. The van der Waals surface area contributed by atoms with Crippen molar-refractivity contribution in [1.29, 1.82) is 0 Å². The van der Waals surface area contributed by atoms with Gasteiger partial charge in [0, 0.05) is 22.7 Å². The summed E-state index contributed by atoms with van der Waals surface area (Å²) in [6.45, 7) is 2.09. The maximum atomic E-state index is 13.7. The van der Waals surface area contributed by atoms with Gasteiger partial charge in [-0.05, 0) is 38.1 Å². The van der Waals surface area contributed by atoms with Crippen LogP contribution in [0.5, 0.6) is 5.88 Å². The van der Waals surface area contributed by atoms with Crippen molar-refractivity contribution in [1.82, 2.24) is 15.3 Å². The van der Waals surface area contributed by atoms with E-state index in [9.17, 15) is 4.39 Å². The normalized spacial score (nSPS) is 15.7. The van der Waals surface area contributed by atoms with Crippen molar-refractivity contribution >= 4 is 11.6 Å². The van der Waals surface area contributed by atoms with Crippen LogP contribution >= 0.6 is 11.6 Å². The summed E-state index contributed by atoms with van der Waals surface area (Å²) >= 11 is 5.73. The predicted octanol–water partition coefficient (Wildman–Crippen LogP) is 3.32. The third kappa shape index (κ3) is 3.72. The molecule has 1 N–H and O–H groups in total. The number of ether oxygens (including phenoxy) is 1. The average molecular weight is 322 g/mol. The number of piperidine rings is 1. The second-order valence-corrected chi connectivity index (χ2v) is 5.77. The molecule has 6 heteroatoms. The van der Waals surface area contributed by atoms with Gasteiger partial charge in [-0.25, -0.2) is 9.37 Å². The number of nitrogens with zero attached hydrogens (tertiary/aromatic N) is 2. The van der Waals surface area contributed by atoms with Crippen LogP contribution in [0, 0.1) is 5.82 Å². The Hall–Kier alpha value is -1.72. The molecule has 4 nitrogen and oxygen atoms in total. The van der Waals surface area contributed by atoms with E-state index in [4.69, 9.17) is 16.3 Å². The molecule has 22 heavy (non-hydrogen) atoms. The molecule has 1 fully saturated rings. The second kappa shape index (κ2) is 7.03. The minimum absolute atomic E-state index is 0.105. The van der Waals surface area contributed by atoms with E-state index in [1.165, 1.54) is 6.07 Å². The topological polar surface area (TPSA) is 47.0 Å². The molecule has 0 radical (unpaired) electrons. The summed E-state index contributed by atoms with van der Waals surface area (Å²) < 4.78 is 19.3. The van der Waals surface area contributed by atoms with Crippen LogP contribution in [0.1, 0.15) is 30.0 Å². The van der Waals surface area contributed by atoms with Crippen molar-refractivity contribution in [3.8, 4) is 5.88 Å². The van der Waals surface area contributed by atoms with E-state index in [0.717, 1.165) is 31.6 Å². The first kappa shape index (κ1) is 15.2. The molecule has 1 aromatic heterocycles. The van der Waals surface area contributed by atoms with E-state index < -0.39 is 0 Å². The molecule has 116 valence electrons. The van der Waals surface area contributed by atoms with Crippen LogP contribution in [0.3, 0.4) is 0 Å². The molecule has 1 aromatic carbocycles. The summed E-state index contributed by atoms with van der Waals surface area (Å²) in [6, 6.07) is 4.53. The van der Waals surface area contributed by atoms with E-state index in [0.29, 0.717) is 22.4 Å². The Kier molecular flexibility index (Phi) is 4.85. The summed E-state index contributed by atoms with van der Waals surface area (Å²) in [5, 5.41) is 3.69. The Morgan fingerprint density at radius 3 is 2.86 bits per heavy atom. The van der Waals surface area contributed by atoms with Crippen LogP contribution < -0.4 is 10.1 Å². The molecule has 3 rings (SSSR count). The SMILES string of the molecule is Fc1cc(Cl)ccc1COc1cncc(C2CCNCC2)n1. The molecule has 0 amide bonds. The zero-order valence-electron chi connectivity index (χ0n) is 12.1. The molecule has 1 saturated heterocycles. The molecular formula is C16H17ClFN3O. The molecule has 2 aromatic rings. The maximum Gasteiger partial charge on any atom is 0.232 e. The number of hydrogen-bond donors (Lipinski definition) is 1. The Labute approximate surface area is 133 Å². The molecule has 1 aliphatic heterocycles. The van der Waals surface area contributed by atoms with Crippen molar-refractivity contribution < 1.29 is 9.13 Å². The molecule has 0 unspecified atom stereocenters. The van der Waals surface area contributed by atoms with Crippen LogP contribution in [0.2, 0.25) is 5.02 Å². The van der Waals surface area contributed by atoms with Gasteiger partial charge in [0.1, 0.15) is 12.4 Å². The number of halogens is 2. The minimum Gasteiger partial charge on any atom is -0.472 e. The third-order valence-electron chi connectivity index (χ3n) is 3.78. The van der Waals surface area contributed by atoms with Crippen molar-refractivity contribution in [3.05, 3.63) is 52.7 Å². The van der Waals surface area contributed by atoms with Crippen LogP contribution in [0.25, 0.3) is 0 Å². The fourth-order valence-electron chi connectivity index (χ4n) is 2.54. The quantitative estimate of drug-likeness (QED) is 0.938. The van der Waals surface area contributed by atoms with Gasteiger partial charge in [-0.3, -0.25) is 4.98 Å². The minimum atomic E-state index is -0.380. The fraction of sp³-hybridized carbons (Fsp3) is 0.375. The van der Waals surface area contributed by atoms with Gasteiger partial charge in [0.05, 0.1) is 11.9 Å². The Morgan fingerprint density at radius 1 is 1.27 bits per heavy atom. The van der Waals surface area contributed by atoms with E-state index in [-0.39, 0.29) is 12.4 Å². The molecule has 0 bridgehead atoms. The van der Waals surface area contributed by atoms with Crippen LogP contribution in [-0.2, 0) is 6.61 Å². The van der Waals surface area contributed by atoms with Gasteiger partial charge in [0.15, 0.2) is 0 Å². The molecule has 0 aliphatic carbocycles. The zero-order valence-corrected chi connectivity index (χ0v) is 12.8. The first-order valence-corrected chi connectivity index (χ1v) is 7.69. The first-order chi connectivity index (χ1) is 10.7. The van der Waals surface area contributed by atoms with Crippen molar-refractivity contribution in [2.75, 3.05) is 13.1 Å². The van der Waals surface area contributed by atoms with Crippen molar-refractivity contribution in [3.63, 3.8) is 0 Å². The summed E-state index contributed by atoms with van der Waals surface area (Å²) in [7, 11) is 0. The van der Waals surface area contributed by atoms with Crippen LogP contribution in [0.4, 0.5) is 4.39 Å². The highest BCUT2D eigenvalue weighted by Crippen LogP contribution is 2.24. The summed E-state index contributed by atoms with van der Waals surface area (Å²) in [6.07, 6.45) is 5.43. The van der Waals surface area contributed by atoms with Gasteiger partial charge in [-0.1, -0.05) is 17.7 Å². The zero-order chi connectivity index (χ0) is 15.4. The van der Waals surface area contributed by atoms with Gasteiger partial charge in [0.2, 0.25) is 5.88 Å². The Morgan fingerprint density at radius 2 is 2.09 bits per heavy atom. The van der Waals surface area contributed by atoms with Gasteiger partial charge >= 0.3 is 0 Å². The molecule has 2 heterocycles. The lowest BCUT2D eigenvalue weighted by Gasteiger charge is -2.21. The van der Waals surface area contributed by atoms with Gasteiger partial charge in [-0.2, -0.15) is 0 Å². The molecule has 0 atom stereocenters. The molecule has 0 saturated carbocycles. The lowest BCUT2D eigenvalue weighted by atomic mass is 9.95. The van der Waals surface area contributed by atoms with Crippen molar-refractivity contribution in [2.45, 2.75) is 25.4 Å². The summed E-state index contributed by atoms with van der Waals surface area (Å²) in [4.78, 5) is 8.68. The predicted molar refractivity (Wildman–Crippen MR) is 82.6 cm³/mol. The molecular weight excluding hydrogens is 305 g/mol. The highest BCUT2D eigenvalue weighted by atomic mass is 35.5. The first-order valence-electron chi connectivity index (χ1n) is 7.32. The number of hydrogen-bond acceptors (Lipinski definition) is 4. The summed E-state index contributed by atoms with van der Waals surface area (Å²) in [5.41, 5.74) is 1.38. The van der Waals surface area contributed by atoms with Gasteiger partial charge in [-0.15, -0.1) is 0 Å². The van der Waals surface area contributed by atoms with E-state index in [2.05, 4.69) is 15.3 Å². The van der Waals surface area contributed by atoms with Crippen LogP contribution in [0.15, 0.2) is 30.6 Å². The monoisotopic (exact) mass is 321 g/mol. The van der Waals surface area contributed by atoms with E-state index in [1.807, 2.05) is 0 Å². The van der Waals surface area contributed by atoms with E-state index in [1.54, 1.807) is 24.5 Å². The Balaban J connectivity index is 1.67. The molecule has 1 aliphatic rings. The highest BCUT2D eigenvalue weighted by molar-refractivity contribution is 6.30. The lowest BCUT2D eigenvalue weighted by molar-refractivity contribution is 0.284. The van der Waals surface area contributed by atoms with E-state index >= 15 is 0 Å². The lowest BCUT2D eigenvalue weighted by Crippen LogP contribution is -2.27. The average Bonchev–Trinajstić information content (AvgIpc) is 2.55. The fourth-order valence-corrected chi connectivity index (χ4v) is 2.70. The number of rotatable bonds is 4.